The van der Waals surface area contributed by atoms with Gasteiger partial charge in [0.1, 0.15) is 11.5 Å². The van der Waals surface area contributed by atoms with E-state index >= 15 is 0 Å². The Bertz CT molecular complexity index is 3010. The van der Waals surface area contributed by atoms with E-state index in [1.165, 1.54) is 22.3 Å². The predicted molar refractivity (Wildman–Crippen MR) is 238 cm³/mol. The third-order valence-electron chi connectivity index (χ3n) is 12.3. The fourth-order valence-electron chi connectivity index (χ4n) is 9.52. The summed E-state index contributed by atoms with van der Waals surface area (Å²) in [6.07, 6.45) is 0. The fraction of sp³-hybridized carbons (Fsp3) is 0.0727. The quantitative estimate of drug-likeness (QED) is 0.175. The summed E-state index contributed by atoms with van der Waals surface area (Å²) < 4.78 is 7.08. The van der Waals surface area contributed by atoms with Gasteiger partial charge in [-0.25, -0.2) is 15.0 Å². The number of nitrogens with zero attached hydrogens (tertiary/aromatic N) is 3. The van der Waals surface area contributed by atoms with Crippen molar-refractivity contribution in [2.75, 3.05) is 0 Å². The molecule has 0 saturated carbocycles. The zero-order valence-electron chi connectivity index (χ0n) is 32.8. The SMILES string of the molecule is CC1(C)c2ccccc2C2(c3ccccc3Oc3c(-c4cccc(-c5nc(-c6ccccc6)nc(-c6cccc(-c7ccccc7)c6)n5)c4)cccc32)c2ccccc21. The first-order valence-corrected chi connectivity index (χ1v) is 20.2. The highest BCUT2D eigenvalue weighted by Crippen LogP contribution is 2.62. The summed E-state index contributed by atoms with van der Waals surface area (Å²) in [6, 6.07) is 70.6. The molecule has 0 fully saturated rings. The van der Waals surface area contributed by atoms with Crippen molar-refractivity contribution in [3.8, 4) is 67.9 Å². The van der Waals surface area contributed by atoms with Crippen molar-refractivity contribution < 1.29 is 4.74 Å². The Morgan fingerprint density at radius 2 is 0.763 bits per heavy atom. The third kappa shape index (κ3) is 5.48. The van der Waals surface area contributed by atoms with Gasteiger partial charge in [-0.3, -0.25) is 0 Å². The minimum Gasteiger partial charge on any atom is -0.456 e. The first-order chi connectivity index (χ1) is 29.0. The second-order valence-corrected chi connectivity index (χ2v) is 15.9. The van der Waals surface area contributed by atoms with Gasteiger partial charge in [-0.1, -0.05) is 196 Å². The molecule has 1 aromatic heterocycles. The van der Waals surface area contributed by atoms with Gasteiger partial charge in [-0.15, -0.1) is 0 Å². The number of rotatable bonds is 5. The Morgan fingerprint density at radius 3 is 1.39 bits per heavy atom. The maximum Gasteiger partial charge on any atom is 0.164 e. The molecule has 11 rings (SSSR count). The third-order valence-corrected chi connectivity index (χ3v) is 12.3. The summed E-state index contributed by atoms with van der Waals surface area (Å²) in [7, 11) is 0. The normalized spacial score (nSPS) is 14.0. The van der Waals surface area contributed by atoms with E-state index in [4.69, 9.17) is 19.7 Å². The molecular weight excluding hydrogens is 719 g/mol. The molecule has 0 N–H and O–H groups in total. The summed E-state index contributed by atoms with van der Waals surface area (Å²) in [5, 5.41) is 0. The molecule has 2 heterocycles. The molecule has 59 heavy (non-hydrogen) atoms. The Morgan fingerprint density at radius 1 is 0.339 bits per heavy atom. The van der Waals surface area contributed by atoms with Crippen molar-refractivity contribution in [3.63, 3.8) is 0 Å². The van der Waals surface area contributed by atoms with Gasteiger partial charge < -0.3 is 4.74 Å². The van der Waals surface area contributed by atoms with E-state index in [1.807, 2.05) is 36.4 Å². The number of benzene rings is 8. The van der Waals surface area contributed by atoms with Crippen molar-refractivity contribution in [2.45, 2.75) is 24.7 Å². The van der Waals surface area contributed by atoms with Crippen LogP contribution in [0.3, 0.4) is 0 Å². The Hall–Kier alpha value is -7.43. The average molecular weight is 758 g/mol. The Kier molecular flexibility index (Phi) is 8.02. The fourth-order valence-corrected chi connectivity index (χ4v) is 9.52. The maximum absolute atomic E-state index is 7.08. The minimum absolute atomic E-state index is 0.192. The molecule has 2 aliphatic rings. The molecule has 4 nitrogen and oxygen atoms in total. The number of ether oxygens (including phenoxy) is 1. The van der Waals surface area contributed by atoms with Crippen LogP contribution in [-0.4, -0.2) is 15.0 Å². The van der Waals surface area contributed by atoms with Crippen LogP contribution in [0.2, 0.25) is 0 Å². The summed E-state index contributed by atoms with van der Waals surface area (Å²) in [5.74, 6) is 3.56. The Balaban J connectivity index is 1.10. The molecule has 280 valence electrons. The van der Waals surface area contributed by atoms with E-state index < -0.39 is 5.41 Å². The first-order valence-electron chi connectivity index (χ1n) is 20.2. The van der Waals surface area contributed by atoms with Crippen LogP contribution in [0, 0.1) is 0 Å². The molecule has 0 bridgehead atoms. The number of fused-ring (bicyclic) bond motifs is 8. The van der Waals surface area contributed by atoms with E-state index in [1.54, 1.807) is 0 Å². The van der Waals surface area contributed by atoms with Crippen LogP contribution in [0.4, 0.5) is 0 Å². The summed E-state index contributed by atoms with van der Waals surface area (Å²) in [4.78, 5) is 15.3. The van der Waals surface area contributed by atoms with Gasteiger partial charge in [0.05, 0.1) is 5.41 Å². The molecule has 0 unspecified atom stereocenters. The lowest BCUT2D eigenvalue weighted by molar-refractivity contribution is 0.427. The topological polar surface area (TPSA) is 47.9 Å². The zero-order chi connectivity index (χ0) is 39.6. The first kappa shape index (κ1) is 34.8. The molecule has 0 atom stereocenters. The summed E-state index contributed by atoms with van der Waals surface area (Å²) in [6.45, 7) is 4.70. The van der Waals surface area contributed by atoms with E-state index in [2.05, 4.69) is 178 Å². The van der Waals surface area contributed by atoms with E-state index in [0.29, 0.717) is 17.5 Å². The van der Waals surface area contributed by atoms with Crippen molar-refractivity contribution in [3.05, 3.63) is 234 Å². The summed E-state index contributed by atoms with van der Waals surface area (Å²) >= 11 is 0. The second kappa shape index (κ2) is 13.6. The van der Waals surface area contributed by atoms with Gasteiger partial charge in [0.15, 0.2) is 17.5 Å². The standard InChI is InChI=1S/C55H39N3O/c1-54(2)43-27-9-11-29-45(43)55(46-30-12-10-28-44(46)54)47-31-13-14-33-49(47)59-50-42(26-17-32-48(50)55)39-23-16-25-41(35-39)53-57-51(37-20-7-4-8-21-37)56-52(58-53)40-24-15-22-38(34-40)36-18-5-3-6-19-36/h3-35H,1-2H3. The Labute approximate surface area is 344 Å². The molecule has 0 amide bonds. The lowest BCUT2D eigenvalue weighted by Gasteiger charge is -2.50. The van der Waals surface area contributed by atoms with Crippen molar-refractivity contribution in [1.82, 2.24) is 15.0 Å². The molecule has 1 aliphatic heterocycles. The monoisotopic (exact) mass is 757 g/mol. The van der Waals surface area contributed by atoms with Gasteiger partial charge in [-0.2, -0.15) is 0 Å². The molecule has 4 heteroatoms. The minimum atomic E-state index is -0.595. The highest BCUT2D eigenvalue weighted by atomic mass is 16.5. The predicted octanol–water partition coefficient (Wildman–Crippen LogP) is 13.3. The van der Waals surface area contributed by atoms with Crippen LogP contribution in [0.5, 0.6) is 11.5 Å². The van der Waals surface area contributed by atoms with Crippen LogP contribution >= 0.6 is 0 Å². The zero-order valence-corrected chi connectivity index (χ0v) is 32.8. The lowest BCUT2D eigenvalue weighted by Crippen LogP contribution is -2.43. The largest absolute Gasteiger partial charge is 0.456 e. The van der Waals surface area contributed by atoms with Crippen LogP contribution < -0.4 is 4.74 Å². The lowest BCUT2D eigenvalue weighted by atomic mass is 9.53. The van der Waals surface area contributed by atoms with Crippen LogP contribution in [0.15, 0.2) is 200 Å². The molecule has 0 saturated heterocycles. The van der Waals surface area contributed by atoms with E-state index in [0.717, 1.165) is 61.6 Å². The molecule has 1 aliphatic carbocycles. The highest BCUT2D eigenvalue weighted by Gasteiger charge is 2.53. The van der Waals surface area contributed by atoms with Crippen LogP contribution in [-0.2, 0) is 10.8 Å². The molecule has 9 aromatic rings. The van der Waals surface area contributed by atoms with Crippen molar-refractivity contribution in [1.29, 1.82) is 0 Å². The van der Waals surface area contributed by atoms with Crippen LogP contribution in [0.25, 0.3) is 56.4 Å². The van der Waals surface area contributed by atoms with Crippen LogP contribution in [0.1, 0.15) is 47.2 Å². The van der Waals surface area contributed by atoms with Gasteiger partial charge in [0.25, 0.3) is 0 Å². The number of para-hydroxylation sites is 2. The van der Waals surface area contributed by atoms with Crippen molar-refractivity contribution >= 4 is 0 Å². The van der Waals surface area contributed by atoms with Crippen molar-refractivity contribution in [2.24, 2.45) is 0 Å². The molecule has 1 spiro atoms. The number of aromatic nitrogens is 3. The van der Waals surface area contributed by atoms with Gasteiger partial charge in [-0.05, 0) is 57.1 Å². The average Bonchev–Trinajstić information content (AvgIpc) is 3.31. The molecule has 8 aromatic carbocycles. The summed E-state index contributed by atoms with van der Waals surface area (Å²) in [5.41, 5.74) is 13.7. The molecule has 0 radical (unpaired) electrons. The number of hydrogen-bond acceptors (Lipinski definition) is 4. The van der Waals surface area contributed by atoms with Gasteiger partial charge in [0, 0.05) is 38.8 Å². The van der Waals surface area contributed by atoms with E-state index in [-0.39, 0.29) is 5.41 Å². The molecular formula is C55H39N3O. The van der Waals surface area contributed by atoms with Gasteiger partial charge in [0.2, 0.25) is 0 Å². The van der Waals surface area contributed by atoms with Gasteiger partial charge >= 0.3 is 0 Å². The van der Waals surface area contributed by atoms with E-state index in [9.17, 15) is 0 Å². The highest BCUT2D eigenvalue weighted by molar-refractivity contribution is 5.83. The number of hydrogen-bond donors (Lipinski definition) is 0. The smallest absolute Gasteiger partial charge is 0.164 e. The second-order valence-electron chi connectivity index (χ2n) is 15.9. The maximum atomic E-state index is 7.08.